The molecule has 0 aromatic heterocycles. The van der Waals surface area contributed by atoms with Crippen molar-refractivity contribution in [1.29, 1.82) is 0 Å². The number of nitrogens with one attached hydrogen (secondary N) is 1. The van der Waals surface area contributed by atoms with Crippen molar-refractivity contribution >= 4 is 17.6 Å². The number of hydrogen-bond donors (Lipinski definition) is 2. The molecular weight excluding hydrogens is 246 g/mol. The topological polar surface area (TPSA) is 75.6 Å². The van der Waals surface area contributed by atoms with Gasteiger partial charge in [-0.05, 0) is 38.0 Å². The Morgan fingerprint density at radius 3 is 2.68 bits per heavy atom. The van der Waals surface area contributed by atoms with Crippen LogP contribution in [0.15, 0.2) is 18.2 Å². The molecular formula is C14H19NO4. The highest BCUT2D eigenvalue weighted by Gasteiger charge is 2.10. The number of benzene rings is 1. The zero-order valence-corrected chi connectivity index (χ0v) is 11.4. The first-order chi connectivity index (χ1) is 8.93. The van der Waals surface area contributed by atoms with Crippen LogP contribution >= 0.6 is 0 Å². The van der Waals surface area contributed by atoms with Crippen molar-refractivity contribution in [3.05, 3.63) is 29.3 Å². The van der Waals surface area contributed by atoms with Crippen LogP contribution in [0.3, 0.4) is 0 Å². The van der Waals surface area contributed by atoms with Crippen molar-refractivity contribution in [3.8, 4) is 0 Å². The number of methoxy groups -OCH3 is 1. The fourth-order valence-electron chi connectivity index (χ4n) is 1.55. The molecule has 1 aromatic rings. The summed E-state index contributed by atoms with van der Waals surface area (Å²) in [5.41, 5.74) is 1.83. The Morgan fingerprint density at radius 1 is 1.42 bits per heavy atom. The van der Waals surface area contributed by atoms with E-state index in [2.05, 4.69) is 10.1 Å². The van der Waals surface area contributed by atoms with E-state index in [0.717, 1.165) is 5.56 Å². The predicted octanol–water partition coefficient (Wildman–Crippen LogP) is 1.88. The van der Waals surface area contributed by atoms with Crippen LogP contribution in [-0.4, -0.2) is 30.2 Å². The van der Waals surface area contributed by atoms with Gasteiger partial charge in [-0.2, -0.15) is 0 Å². The van der Waals surface area contributed by atoms with Crippen molar-refractivity contribution < 1.29 is 19.4 Å². The minimum Gasteiger partial charge on any atom is -0.465 e. The summed E-state index contributed by atoms with van der Waals surface area (Å²) in [5.74, 6) is -0.634. The van der Waals surface area contributed by atoms with Gasteiger partial charge in [0.2, 0.25) is 5.91 Å². The van der Waals surface area contributed by atoms with E-state index in [0.29, 0.717) is 17.7 Å². The molecule has 0 bridgehead atoms. The molecule has 0 radical (unpaired) electrons. The first-order valence-corrected chi connectivity index (χ1v) is 6.11. The smallest absolute Gasteiger partial charge is 0.337 e. The fourth-order valence-corrected chi connectivity index (χ4v) is 1.55. The van der Waals surface area contributed by atoms with Gasteiger partial charge < -0.3 is 15.2 Å². The van der Waals surface area contributed by atoms with E-state index in [1.807, 2.05) is 6.92 Å². The molecule has 1 aromatic carbocycles. The first-order valence-electron chi connectivity index (χ1n) is 6.11. The van der Waals surface area contributed by atoms with Crippen LogP contribution in [-0.2, 0) is 9.53 Å². The summed E-state index contributed by atoms with van der Waals surface area (Å²) in [6.45, 7) is 3.47. The molecule has 2 N–H and O–H groups in total. The first kappa shape index (κ1) is 15.2. The zero-order valence-electron chi connectivity index (χ0n) is 11.4. The third-order valence-corrected chi connectivity index (χ3v) is 2.72. The van der Waals surface area contributed by atoms with Crippen LogP contribution in [0.4, 0.5) is 5.69 Å². The number of aliphatic hydroxyl groups is 1. The van der Waals surface area contributed by atoms with Gasteiger partial charge >= 0.3 is 5.97 Å². The van der Waals surface area contributed by atoms with Gasteiger partial charge in [0.25, 0.3) is 0 Å². The Bertz CT molecular complexity index is 469. The summed E-state index contributed by atoms with van der Waals surface area (Å²) < 4.78 is 4.63. The number of esters is 1. The number of hydrogen-bond acceptors (Lipinski definition) is 4. The Hall–Kier alpha value is -1.88. The molecule has 0 aliphatic rings. The molecule has 0 fully saturated rings. The van der Waals surface area contributed by atoms with Gasteiger partial charge in [0.15, 0.2) is 0 Å². The van der Waals surface area contributed by atoms with Gasteiger partial charge in [0, 0.05) is 12.1 Å². The maximum Gasteiger partial charge on any atom is 0.337 e. The van der Waals surface area contributed by atoms with E-state index in [1.54, 1.807) is 25.1 Å². The molecule has 0 saturated heterocycles. The monoisotopic (exact) mass is 265 g/mol. The second kappa shape index (κ2) is 6.89. The summed E-state index contributed by atoms with van der Waals surface area (Å²) in [4.78, 5) is 23.1. The van der Waals surface area contributed by atoms with Crippen LogP contribution < -0.4 is 5.32 Å². The highest BCUT2D eigenvalue weighted by molar-refractivity contribution is 5.95. The molecule has 104 valence electrons. The van der Waals surface area contributed by atoms with E-state index < -0.39 is 12.1 Å². The second-order valence-corrected chi connectivity index (χ2v) is 4.46. The lowest BCUT2D eigenvalue weighted by atomic mass is 10.1. The van der Waals surface area contributed by atoms with Gasteiger partial charge in [0.05, 0.1) is 18.8 Å². The molecule has 1 unspecified atom stereocenters. The Kier molecular flexibility index (Phi) is 5.51. The van der Waals surface area contributed by atoms with Crippen molar-refractivity contribution in [2.24, 2.45) is 0 Å². The van der Waals surface area contributed by atoms with Gasteiger partial charge in [-0.15, -0.1) is 0 Å². The zero-order chi connectivity index (χ0) is 14.4. The van der Waals surface area contributed by atoms with E-state index in [1.165, 1.54) is 7.11 Å². The summed E-state index contributed by atoms with van der Waals surface area (Å²) in [5, 5.41) is 11.9. The van der Waals surface area contributed by atoms with Crippen molar-refractivity contribution in [3.63, 3.8) is 0 Å². The molecule has 0 aliphatic carbocycles. The third kappa shape index (κ3) is 4.71. The standard InChI is InChI=1S/C14H19NO4/c1-9-4-6-11(14(18)19-3)8-12(9)15-13(17)7-5-10(2)16/h4,6,8,10,16H,5,7H2,1-3H3,(H,15,17). The molecule has 1 amide bonds. The molecule has 1 rings (SSSR count). The Labute approximate surface area is 112 Å². The van der Waals surface area contributed by atoms with Crippen LogP contribution in [0.25, 0.3) is 0 Å². The number of rotatable bonds is 5. The maximum absolute atomic E-state index is 11.7. The molecule has 5 heteroatoms. The van der Waals surface area contributed by atoms with Crippen LogP contribution in [0.1, 0.15) is 35.7 Å². The lowest BCUT2D eigenvalue weighted by molar-refractivity contribution is -0.116. The summed E-state index contributed by atoms with van der Waals surface area (Å²) in [6.07, 6.45) is 0.134. The van der Waals surface area contributed by atoms with Crippen molar-refractivity contribution in [1.82, 2.24) is 0 Å². The van der Waals surface area contributed by atoms with Gasteiger partial charge in [-0.1, -0.05) is 6.07 Å². The number of aliphatic hydroxyl groups excluding tert-OH is 1. The maximum atomic E-state index is 11.7. The highest BCUT2D eigenvalue weighted by atomic mass is 16.5. The third-order valence-electron chi connectivity index (χ3n) is 2.72. The molecule has 0 heterocycles. The average molecular weight is 265 g/mol. The van der Waals surface area contributed by atoms with Gasteiger partial charge in [-0.3, -0.25) is 4.79 Å². The van der Waals surface area contributed by atoms with Crippen LogP contribution in [0, 0.1) is 6.92 Å². The number of aryl methyl sites for hydroxylation is 1. The average Bonchev–Trinajstić information content (AvgIpc) is 2.38. The number of anilines is 1. The molecule has 1 atom stereocenters. The summed E-state index contributed by atoms with van der Waals surface area (Å²) in [7, 11) is 1.31. The molecule has 5 nitrogen and oxygen atoms in total. The quantitative estimate of drug-likeness (QED) is 0.797. The Balaban J connectivity index is 2.77. The molecule has 19 heavy (non-hydrogen) atoms. The van der Waals surface area contributed by atoms with Crippen LogP contribution in [0.2, 0.25) is 0 Å². The number of carbonyl (C=O) groups is 2. The fraction of sp³-hybridized carbons (Fsp3) is 0.429. The molecule has 0 saturated carbocycles. The van der Waals surface area contributed by atoms with E-state index in [4.69, 9.17) is 5.11 Å². The lowest BCUT2D eigenvalue weighted by Crippen LogP contribution is -2.15. The number of amides is 1. The van der Waals surface area contributed by atoms with Crippen molar-refractivity contribution in [2.75, 3.05) is 12.4 Å². The molecule has 0 aliphatic heterocycles. The van der Waals surface area contributed by atoms with E-state index in [9.17, 15) is 9.59 Å². The van der Waals surface area contributed by atoms with Gasteiger partial charge in [0.1, 0.15) is 0 Å². The lowest BCUT2D eigenvalue weighted by Gasteiger charge is -2.10. The van der Waals surface area contributed by atoms with Crippen molar-refractivity contribution in [2.45, 2.75) is 32.8 Å². The normalized spacial score (nSPS) is 11.8. The highest BCUT2D eigenvalue weighted by Crippen LogP contribution is 2.18. The minimum absolute atomic E-state index is 0.189. The SMILES string of the molecule is COC(=O)c1ccc(C)c(NC(=O)CCC(C)O)c1. The summed E-state index contributed by atoms with van der Waals surface area (Å²) in [6, 6.07) is 4.98. The molecule has 0 spiro atoms. The van der Waals surface area contributed by atoms with E-state index >= 15 is 0 Å². The number of carbonyl (C=O) groups excluding carboxylic acids is 2. The predicted molar refractivity (Wildman–Crippen MR) is 72.1 cm³/mol. The van der Waals surface area contributed by atoms with Crippen LogP contribution in [0.5, 0.6) is 0 Å². The van der Waals surface area contributed by atoms with Gasteiger partial charge in [-0.25, -0.2) is 4.79 Å². The Morgan fingerprint density at radius 2 is 2.11 bits per heavy atom. The minimum atomic E-state index is -0.506. The largest absolute Gasteiger partial charge is 0.465 e. The summed E-state index contributed by atoms with van der Waals surface area (Å²) >= 11 is 0. The second-order valence-electron chi connectivity index (χ2n) is 4.46. The van der Waals surface area contributed by atoms with E-state index in [-0.39, 0.29) is 12.3 Å². The number of ether oxygens (including phenoxy) is 1.